The monoisotopic (exact) mass is 473 g/mol. The molecule has 0 saturated carbocycles. The van der Waals surface area contributed by atoms with Gasteiger partial charge < -0.3 is 20.4 Å². The fraction of sp³-hybridized carbons (Fsp3) is 0.0952. The molecule has 2 amide bonds. The number of urea groups is 1. The highest BCUT2D eigenvalue weighted by Crippen LogP contribution is 2.31. The van der Waals surface area contributed by atoms with Crippen molar-refractivity contribution in [1.82, 2.24) is 15.3 Å². The normalized spacial score (nSPS) is 10.8. The number of pyridine rings is 1. The Balaban J connectivity index is 1.45. The van der Waals surface area contributed by atoms with Crippen molar-refractivity contribution in [1.29, 1.82) is 0 Å². The number of benzene rings is 2. The lowest BCUT2D eigenvalue weighted by Crippen LogP contribution is -2.28. The first-order valence-electron chi connectivity index (χ1n) is 9.32. The van der Waals surface area contributed by atoms with E-state index in [1.165, 1.54) is 29.5 Å². The number of carbonyl (C=O) groups excluding carboxylic acids is 1. The fourth-order valence-corrected chi connectivity index (χ4v) is 3.91. The van der Waals surface area contributed by atoms with Crippen LogP contribution >= 0.6 is 22.9 Å². The van der Waals surface area contributed by atoms with E-state index in [2.05, 4.69) is 20.6 Å². The highest BCUT2D eigenvalue weighted by molar-refractivity contribution is 7.22. The van der Waals surface area contributed by atoms with Crippen LogP contribution in [0.4, 0.5) is 25.8 Å². The Hall–Kier alpha value is -3.63. The van der Waals surface area contributed by atoms with E-state index in [-0.39, 0.29) is 18.0 Å². The van der Waals surface area contributed by atoms with Crippen LogP contribution in [-0.4, -0.2) is 33.3 Å². The molecule has 0 unspecified atom stereocenters. The maximum absolute atomic E-state index is 14.2. The summed E-state index contributed by atoms with van der Waals surface area (Å²) in [7, 11) is 1.69. The Morgan fingerprint density at radius 3 is 2.69 bits per heavy atom. The lowest BCUT2D eigenvalue weighted by molar-refractivity contribution is 0.251. The third-order valence-electron chi connectivity index (χ3n) is 4.57. The third kappa shape index (κ3) is 4.66. The van der Waals surface area contributed by atoms with E-state index >= 15 is 0 Å². The Labute approximate surface area is 190 Å². The molecule has 8 nitrogen and oxygen atoms in total. The SMILES string of the molecule is CN(c1ccc2nc(NC(=O)NCc3ccc(O)c(O)c3)sc2n1)c1ccc(Cl)cc1F. The molecule has 2 heterocycles. The summed E-state index contributed by atoms with van der Waals surface area (Å²) >= 11 is 7.00. The van der Waals surface area contributed by atoms with E-state index in [0.717, 1.165) is 0 Å². The summed E-state index contributed by atoms with van der Waals surface area (Å²) in [5.74, 6) is -0.456. The topological polar surface area (TPSA) is 111 Å². The number of aromatic nitrogens is 2. The van der Waals surface area contributed by atoms with Gasteiger partial charge in [0.25, 0.3) is 0 Å². The van der Waals surface area contributed by atoms with Gasteiger partial charge >= 0.3 is 6.03 Å². The van der Waals surface area contributed by atoms with Crippen LogP contribution in [0, 0.1) is 5.82 Å². The number of hydrogen-bond donors (Lipinski definition) is 4. The number of carbonyl (C=O) groups is 1. The molecule has 164 valence electrons. The highest BCUT2D eigenvalue weighted by Gasteiger charge is 2.14. The van der Waals surface area contributed by atoms with E-state index in [1.54, 1.807) is 42.3 Å². The molecule has 0 saturated heterocycles. The second-order valence-electron chi connectivity index (χ2n) is 6.80. The van der Waals surface area contributed by atoms with E-state index in [4.69, 9.17) is 11.6 Å². The molecule has 0 fully saturated rings. The molecular formula is C21H17ClFN5O3S. The van der Waals surface area contributed by atoms with Gasteiger partial charge in [-0.05, 0) is 48.0 Å². The van der Waals surface area contributed by atoms with Crippen molar-refractivity contribution in [2.45, 2.75) is 6.54 Å². The molecule has 0 radical (unpaired) electrons. The first-order chi connectivity index (χ1) is 15.3. The van der Waals surface area contributed by atoms with Crippen molar-refractivity contribution in [3.8, 4) is 11.5 Å². The summed E-state index contributed by atoms with van der Waals surface area (Å²) in [5, 5.41) is 24.8. The number of rotatable bonds is 5. The number of nitrogens with zero attached hydrogens (tertiary/aromatic N) is 3. The minimum atomic E-state index is -0.489. The number of amides is 2. The average Bonchev–Trinajstić information content (AvgIpc) is 3.15. The van der Waals surface area contributed by atoms with Gasteiger partial charge in [-0.15, -0.1) is 0 Å². The fourth-order valence-electron chi connectivity index (χ4n) is 2.93. The maximum Gasteiger partial charge on any atom is 0.321 e. The van der Waals surface area contributed by atoms with Gasteiger partial charge in [-0.25, -0.2) is 19.2 Å². The van der Waals surface area contributed by atoms with Crippen LogP contribution in [0.1, 0.15) is 5.56 Å². The Bertz CT molecular complexity index is 1320. The zero-order valence-electron chi connectivity index (χ0n) is 16.6. The minimum absolute atomic E-state index is 0.143. The van der Waals surface area contributed by atoms with Crippen molar-refractivity contribution in [3.63, 3.8) is 0 Å². The number of phenols is 2. The van der Waals surface area contributed by atoms with Crippen LogP contribution in [0.15, 0.2) is 48.5 Å². The zero-order chi connectivity index (χ0) is 22.8. The molecule has 4 rings (SSSR count). The van der Waals surface area contributed by atoms with Crippen LogP contribution in [0.2, 0.25) is 5.02 Å². The summed E-state index contributed by atoms with van der Waals surface area (Å²) < 4.78 is 14.2. The van der Waals surface area contributed by atoms with Crippen molar-refractivity contribution in [3.05, 3.63) is 64.9 Å². The quantitative estimate of drug-likeness (QED) is 0.304. The number of phenolic OH excluding ortho intramolecular Hbond substituents is 2. The van der Waals surface area contributed by atoms with Crippen LogP contribution < -0.4 is 15.5 Å². The Morgan fingerprint density at radius 1 is 1.12 bits per heavy atom. The van der Waals surface area contributed by atoms with Crippen molar-refractivity contribution in [2.75, 3.05) is 17.3 Å². The van der Waals surface area contributed by atoms with Gasteiger partial charge in [-0.1, -0.05) is 29.0 Å². The predicted molar refractivity (Wildman–Crippen MR) is 123 cm³/mol. The minimum Gasteiger partial charge on any atom is -0.504 e. The zero-order valence-corrected chi connectivity index (χ0v) is 18.2. The lowest BCUT2D eigenvalue weighted by atomic mass is 10.2. The number of nitrogens with one attached hydrogen (secondary N) is 2. The molecule has 32 heavy (non-hydrogen) atoms. The molecule has 4 N–H and O–H groups in total. The van der Waals surface area contributed by atoms with Crippen LogP contribution in [-0.2, 0) is 6.54 Å². The maximum atomic E-state index is 14.2. The molecular weight excluding hydrogens is 457 g/mol. The van der Waals surface area contributed by atoms with E-state index < -0.39 is 11.8 Å². The van der Waals surface area contributed by atoms with Gasteiger partial charge in [0.15, 0.2) is 16.6 Å². The number of halogens is 2. The number of fused-ring (bicyclic) bond motifs is 1. The summed E-state index contributed by atoms with van der Waals surface area (Å²) in [4.78, 5) is 23.2. The molecule has 0 spiro atoms. The average molecular weight is 474 g/mol. The van der Waals surface area contributed by atoms with E-state index in [9.17, 15) is 19.4 Å². The van der Waals surface area contributed by atoms with Crippen LogP contribution in [0.5, 0.6) is 11.5 Å². The molecule has 11 heteroatoms. The standard InChI is InChI=1S/C21H17ClFN5O3S/c1-28(15-5-3-12(22)9-13(15)23)18-7-4-14-19(26-18)32-21(25-14)27-20(31)24-10-11-2-6-16(29)17(30)8-11/h2-9,29-30H,10H2,1H3,(H2,24,25,27,31). The third-order valence-corrected chi connectivity index (χ3v) is 5.68. The first kappa shape index (κ1) is 21.6. The molecule has 2 aromatic carbocycles. The number of aromatic hydroxyl groups is 2. The number of hydrogen-bond acceptors (Lipinski definition) is 7. The van der Waals surface area contributed by atoms with Gasteiger partial charge in [0, 0.05) is 18.6 Å². The summed E-state index contributed by atoms with van der Waals surface area (Å²) in [6, 6.07) is 11.6. The van der Waals surface area contributed by atoms with Gasteiger partial charge in [-0.2, -0.15) is 0 Å². The second-order valence-corrected chi connectivity index (χ2v) is 8.21. The van der Waals surface area contributed by atoms with Gasteiger partial charge in [0.05, 0.1) is 5.69 Å². The predicted octanol–water partition coefficient (Wildman–Crippen LogP) is 4.98. The van der Waals surface area contributed by atoms with Crippen LogP contribution in [0.3, 0.4) is 0 Å². The van der Waals surface area contributed by atoms with E-state index in [1.807, 2.05) is 0 Å². The number of anilines is 3. The lowest BCUT2D eigenvalue weighted by Gasteiger charge is -2.18. The van der Waals surface area contributed by atoms with Gasteiger partial charge in [0.1, 0.15) is 22.0 Å². The Morgan fingerprint density at radius 2 is 1.94 bits per heavy atom. The van der Waals surface area contributed by atoms with Crippen molar-refractivity contribution in [2.24, 2.45) is 0 Å². The molecule has 2 aromatic heterocycles. The summed E-state index contributed by atoms with van der Waals surface area (Å²) in [6.45, 7) is 0.143. The van der Waals surface area contributed by atoms with Crippen molar-refractivity contribution < 1.29 is 19.4 Å². The molecule has 0 aliphatic heterocycles. The first-order valence-corrected chi connectivity index (χ1v) is 10.5. The molecule has 0 aliphatic carbocycles. The van der Waals surface area contributed by atoms with Crippen molar-refractivity contribution >= 4 is 56.0 Å². The largest absolute Gasteiger partial charge is 0.504 e. The molecule has 0 atom stereocenters. The molecule has 4 aromatic rings. The molecule has 0 aliphatic rings. The van der Waals surface area contributed by atoms with Gasteiger partial charge in [-0.3, -0.25) is 5.32 Å². The Kier molecular flexibility index (Phi) is 5.97. The van der Waals surface area contributed by atoms with Crippen LogP contribution in [0.25, 0.3) is 10.3 Å². The second kappa shape index (κ2) is 8.85. The number of thiazole rings is 1. The smallest absolute Gasteiger partial charge is 0.321 e. The highest BCUT2D eigenvalue weighted by atomic mass is 35.5. The van der Waals surface area contributed by atoms with E-state index in [0.29, 0.717) is 37.6 Å². The summed E-state index contributed by atoms with van der Waals surface area (Å²) in [6.07, 6.45) is 0. The van der Waals surface area contributed by atoms with Gasteiger partial charge in [0.2, 0.25) is 0 Å². The molecule has 0 bridgehead atoms. The summed E-state index contributed by atoms with van der Waals surface area (Å²) in [5.41, 5.74) is 1.52.